The normalized spacial score (nSPS) is 20.3. The molecule has 2 aliphatic heterocycles. The first-order chi connectivity index (χ1) is 14.3. The predicted molar refractivity (Wildman–Crippen MR) is 112 cm³/mol. The maximum absolute atomic E-state index is 12.5. The predicted octanol–water partition coefficient (Wildman–Crippen LogP) is 3.25. The van der Waals surface area contributed by atoms with Gasteiger partial charge in [0.2, 0.25) is 5.91 Å². The van der Waals surface area contributed by atoms with Gasteiger partial charge < -0.3 is 15.0 Å². The number of fused-ring (bicyclic) bond motifs is 1. The van der Waals surface area contributed by atoms with Crippen LogP contribution in [0.5, 0.6) is 0 Å². The van der Waals surface area contributed by atoms with E-state index in [0.717, 1.165) is 43.7 Å². The number of hydrogen-bond donors (Lipinski definition) is 1. The van der Waals surface area contributed by atoms with Gasteiger partial charge in [0.1, 0.15) is 5.82 Å². The van der Waals surface area contributed by atoms with Gasteiger partial charge in [0, 0.05) is 43.0 Å². The minimum Gasteiger partial charge on any atom is -0.381 e. The Morgan fingerprint density at radius 3 is 2.76 bits per heavy atom. The van der Waals surface area contributed by atoms with Crippen molar-refractivity contribution < 1.29 is 9.53 Å². The third-order valence-electron chi connectivity index (χ3n) is 6.00. The molecule has 1 atom stereocenters. The number of carbonyl (C=O) groups excluding carboxylic acids is 1. The molecular formula is C22H25N5O2. The molecule has 0 bridgehead atoms. The highest BCUT2D eigenvalue weighted by Gasteiger charge is 2.27. The van der Waals surface area contributed by atoms with Crippen molar-refractivity contribution in [2.75, 3.05) is 36.5 Å². The van der Waals surface area contributed by atoms with Gasteiger partial charge in [-0.15, -0.1) is 0 Å². The van der Waals surface area contributed by atoms with E-state index in [0.29, 0.717) is 13.2 Å². The van der Waals surface area contributed by atoms with Crippen molar-refractivity contribution >= 4 is 28.3 Å². The fourth-order valence-electron chi connectivity index (χ4n) is 4.38. The molecule has 2 saturated heterocycles. The first kappa shape index (κ1) is 18.1. The zero-order valence-electron chi connectivity index (χ0n) is 16.3. The Balaban J connectivity index is 1.28. The van der Waals surface area contributed by atoms with Crippen LogP contribution in [0.25, 0.3) is 10.9 Å². The molecule has 2 fully saturated rings. The number of benzene rings is 1. The first-order valence-electron chi connectivity index (χ1n) is 10.3. The van der Waals surface area contributed by atoms with Gasteiger partial charge in [-0.05, 0) is 31.4 Å². The van der Waals surface area contributed by atoms with Gasteiger partial charge in [-0.3, -0.25) is 9.78 Å². The third-order valence-corrected chi connectivity index (χ3v) is 6.00. The fraction of sp³-hybridized carbons (Fsp3) is 0.409. The summed E-state index contributed by atoms with van der Waals surface area (Å²) in [6, 6.07) is 12.6. The molecule has 7 heteroatoms. The lowest BCUT2D eigenvalue weighted by Gasteiger charge is -2.34. The molecule has 0 saturated carbocycles. The highest BCUT2D eigenvalue weighted by atomic mass is 16.5. The second kappa shape index (κ2) is 7.83. The fourth-order valence-corrected chi connectivity index (χ4v) is 4.38. The van der Waals surface area contributed by atoms with Crippen LogP contribution in [0.15, 0.2) is 48.8 Å². The van der Waals surface area contributed by atoms with Crippen molar-refractivity contribution in [1.82, 2.24) is 14.8 Å². The van der Waals surface area contributed by atoms with Crippen molar-refractivity contribution in [1.29, 1.82) is 0 Å². The van der Waals surface area contributed by atoms with Crippen LogP contribution in [0.3, 0.4) is 0 Å². The van der Waals surface area contributed by atoms with E-state index in [1.165, 1.54) is 11.1 Å². The molecule has 1 amide bonds. The number of ether oxygens (including phenoxy) is 1. The summed E-state index contributed by atoms with van der Waals surface area (Å²) in [4.78, 5) is 19.4. The van der Waals surface area contributed by atoms with E-state index < -0.39 is 0 Å². The van der Waals surface area contributed by atoms with Crippen molar-refractivity contribution in [3.63, 3.8) is 0 Å². The van der Waals surface area contributed by atoms with Gasteiger partial charge in [0.05, 0.1) is 30.3 Å². The highest BCUT2D eigenvalue weighted by Crippen LogP contribution is 2.32. The van der Waals surface area contributed by atoms with Crippen molar-refractivity contribution in [3.05, 3.63) is 48.8 Å². The average Bonchev–Trinajstić information content (AvgIpc) is 3.46. The molecule has 0 spiro atoms. The summed E-state index contributed by atoms with van der Waals surface area (Å²) in [6.07, 6.45) is 6.40. The van der Waals surface area contributed by atoms with Gasteiger partial charge >= 0.3 is 0 Å². The number of nitrogens with one attached hydrogen (secondary N) is 1. The smallest absolute Gasteiger partial charge is 0.231 e. The number of para-hydroxylation sites is 1. The summed E-state index contributed by atoms with van der Waals surface area (Å²) >= 11 is 0. The molecule has 0 unspecified atom stereocenters. The Morgan fingerprint density at radius 1 is 1.07 bits per heavy atom. The number of nitrogens with zero attached hydrogens (tertiary/aromatic N) is 4. The number of amides is 1. The molecular weight excluding hydrogens is 366 g/mol. The zero-order chi connectivity index (χ0) is 19.6. The number of pyridine rings is 1. The Kier molecular flexibility index (Phi) is 4.89. The van der Waals surface area contributed by atoms with E-state index in [1.54, 1.807) is 6.20 Å². The first-order valence-corrected chi connectivity index (χ1v) is 10.3. The van der Waals surface area contributed by atoms with Gasteiger partial charge in [-0.25, -0.2) is 4.68 Å². The number of carbonyl (C=O) groups is 1. The minimum absolute atomic E-state index is 0.0324. The number of piperidine rings is 1. The monoisotopic (exact) mass is 391 g/mol. The molecule has 3 aromatic rings. The Hall–Kier alpha value is -2.93. The van der Waals surface area contributed by atoms with Gasteiger partial charge in [0.15, 0.2) is 0 Å². The Morgan fingerprint density at radius 2 is 1.93 bits per heavy atom. The van der Waals surface area contributed by atoms with E-state index in [9.17, 15) is 4.79 Å². The van der Waals surface area contributed by atoms with Gasteiger partial charge in [0.25, 0.3) is 0 Å². The lowest BCUT2D eigenvalue weighted by atomic mass is 10.0. The average molecular weight is 391 g/mol. The Bertz CT molecular complexity index is 998. The van der Waals surface area contributed by atoms with Crippen LogP contribution < -0.4 is 10.2 Å². The summed E-state index contributed by atoms with van der Waals surface area (Å²) in [5, 5.41) is 8.76. The molecule has 4 heterocycles. The van der Waals surface area contributed by atoms with E-state index in [-0.39, 0.29) is 17.9 Å². The molecule has 2 aromatic heterocycles. The molecule has 2 aliphatic rings. The summed E-state index contributed by atoms with van der Waals surface area (Å²) in [5.41, 5.74) is 2.27. The topological polar surface area (TPSA) is 72.3 Å². The number of anilines is 2. The van der Waals surface area contributed by atoms with Crippen LogP contribution in [0.4, 0.5) is 11.5 Å². The molecule has 5 rings (SSSR count). The number of hydrogen-bond acceptors (Lipinski definition) is 5. The zero-order valence-corrected chi connectivity index (χ0v) is 16.3. The van der Waals surface area contributed by atoms with Crippen LogP contribution in [0, 0.1) is 5.92 Å². The SMILES string of the molecule is O=C(Nc1ccnn1C1CCN(c2ccnc3ccccc23)CC1)[C@H]1CCOC1. The summed E-state index contributed by atoms with van der Waals surface area (Å²) < 4.78 is 7.32. The van der Waals surface area contributed by atoms with E-state index >= 15 is 0 Å². The summed E-state index contributed by atoms with van der Waals surface area (Å²) in [7, 11) is 0. The van der Waals surface area contributed by atoms with Crippen LogP contribution in [0.2, 0.25) is 0 Å². The third kappa shape index (κ3) is 3.58. The van der Waals surface area contributed by atoms with Gasteiger partial charge in [-0.2, -0.15) is 5.10 Å². The van der Waals surface area contributed by atoms with E-state index in [4.69, 9.17) is 4.74 Å². The lowest BCUT2D eigenvalue weighted by Crippen LogP contribution is -2.35. The lowest BCUT2D eigenvalue weighted by molar-refractivity contribution is -0.119. The van der Waals surface area contributed by atoms with Crippen LogP contribution in [-0.2, 0) is 9.53 Å². The van der Waals surface area contributed by atoms with Crippen molar-refractivity contribution in [2.24, 2.45) is 5.92 Å². The highest BCUT2D eigenvalue weighted by molar-refractivity contribution is 5.92. The van der Waals surface area contributed by atoms with Crippen LogP contribution in [-0.4, -0.2) is 47.0 Å². The Labute approximate surface area is 169 Å². The van der Waals surface area contributed by atoms with Gasteiger partial charge in [-0.1, -0.05) is 18.2 Å². The molecule has 29 heavy (non-hydrogen) atoms. The minimum atomic E-state index is -0.0554. The molecule has 150 valence electrons. The van der Waals surface area contributed by atoms with E-state index in [2.05, 4.69) is 44.6 Å². The molecule has 1 aromatic carbocycles. The maximum Gasteiger partial charge on any atom is 0.231 e. The quantitative estimate of drug-likeness (QED) is 0.739. The van der Waals surface area contributed by atoms with Crippen molar-refractivity contribution in [3.8, 4) is 0 Å². The van der Waals surface area contributed by atoms with Crippen molar-refractivity contribution in [2.45, 2.75) is 25.3 Å². The number of aromatic nitrogens is 3. The molecule has 1 N–H and O–H groups in total. The maximum atomic E-state index is 12.5. The standard InChI is InChI=1S/C22H25N5O2/c28-22(16-9-14-29-15-16)25-21-6-11-24-27(21)17-7-12-26(13-8-17)20-5-10-23-19-4-2-1-3-18(19)20/h1-6,10-11,16-17H,7-9,12-15H2,(H,25,28)/t16-/m0/s1. The molecule has 0 radical (unpaired) electrons. The second-order valence-electron chi connectivity index (χ2n) is 7.78. The van der Waals surface area contributed by atoms with Crippen LogP contribution in [0.1, 0.15) is 25.3 Å². The molecule has 0 aliphatic carbocycles. The van der Waals surface area contributed by atoms with E-state index in [1.807, 2.05) is 23.0 Å². The summed E-state index contributed by atoms with van der Waals surface area (Å²) in [5.74, 6) is 0.764. The molecule has 7 nitrogen and oxygen atoms in total. The summed E-state index contributed by atoms with van der Waals surface area (Å²) in [6.45, 7) is 3.07. The number of rotatable bonds is 4. The largest absolute Gasteiger partial charge is 0.381 e. The second-order valence-corrected chi connectivity index (χ2v) is 7.78. The van der Waals surface area contributed by atoms with Crippen LogP contribution >= 0.6 is 0 Å².